The van der Waals surface area contributed by atoms with Gasteiger partial charge in [-0.15, -0.1) is 0 Å². The monoisotopic (exact) mass is 341 g/mol. The first-order valence-corrected chi connectivity index (χ1v) is 7.99. The molecule has 3 aromatic rings. The fraction of sp³-hybridized carbons (Fsp3) is 0.167. The number of amides is 1. The van der Waals surface area contributed by atoms with Gasteiger partial charge in [-0.3, -0.25) is 9.59 Å². The van der Waals surface area contributed by atoms with E-state index in [0.717, 1.165) is 5.56 Å². The molecule has 6 heteroatoms. The van der Waals surface area contributed by atoms with Gasteiger partial charge in [-0.1, -0.05) is 41.9 Å². The molecule has 0 unspecified atom stereocenters. The van der Waals surface area contributed by atoms with Gasteiger partial charge in [-0.25, -0.2) is 4.98 Å². The third kappa shape index (κ3) is 3.81. The van der Waals surface area contributed by atoms with Crippen molar-refractivity contribution >= 4 is 28.5 Å². The third-order valence-corrected chi connectivity index (χ3v) is 4.06. The Hall–Kier alpha value is -2.66. The predicted molar refractivity (Wildman–Crippen MR) is 94.0 cm³/mol. The number of nitrogens with zero attached hydrogens (tertiary/aromatic N) is 1. The summed E-state index contributed by atoms with van der Waals surface area (Å²) in [5.74, 6) is -0.149. The maximum absolute atomic E-state index is 12.0. The molecule has 2 N–H and O–H groups in total. The molecule has 0 atom stereocenters. The summed E-state index contributed by atoms with van der Waals surface area (Å²) in [7, 11) is 0. The minimum absolute atomic E-state index is 0.149. The summed E-state index contributed by atoms with van der Waals surface area (Å²) >= 11 is 6.05. The highest BCUT2D eigenvalue weighted by Gasteiger charge is 2.08. The molecule has 0 saturated carbocycles. The molecule has 0 aliphatic heterocycles. The van der Waals surface area contributed by atoms with E-state index in [-0.39, 0.29) is 24.3 Å². The average Bonchev–Trinajstić information content (AvgIpc) is 2.59. The SMILES string of the molecule is O=C(CCc1nc2ccccc2[nH]c1=O)NCc1ccccc1Cl. The van der Waals surface area contributed by atoms with E-state index < -0.39 is 0 Å². The van der Waals surface area contributed by atoms with Crippen molar-refractivity contribution in [3.8, 4) is 0 Å². The van der Waals surface area contributed by atoms with E-state index in [1.54, 1.807) is 12.1 Å². The maximum Gasteiger partial charge on any atom is 0.270 e. The largest absolute Gasteiger partial charge is 0.352 e. The number of nitrogens with one attached hydrogen (secondary N) is 2. The second kappa shape index (κ2) is 7.27. The number of hydrogen-bond acceptors (Lipinski definition) is 3. The Bertz CT molecular complexity index is 937. The Morgan fingerprint density at radius 3 is 2.71 bits per heavy atom. The summed E-state index contributed by atoms with van der Waals surface area (Å²) in [6.45, 7) is 0.361. The zero-order chi connectivity index (χ0) is 16.9. The van der Waals surface area contributed by atoms with E-state index in [0.29, 0.717) is 28.3 Å². The standard InChI is InChI=1S/C18H16ClN3O2/c19-13-6-2-1-5-12(13)11-20-17(23)10-9-16-18(24)22-15-8-4-3-7-14(15)21-16/h1-8H,9-11H2,(H,20,23)(H,22,24). The average molecular weight is 342 g/mol. The van der Waals surface area contributed by atoms with E-state index >= 15 is 0 Å². The lowest BCUT2D eigenvalue weighted by atomic mass is 10.2. The van der Waals surface area contributed by atoms with Crippen LogP contribution in [0.3, 0.4) is 0 Å². The van der Waals surface area contributed by atoms with Gasteiger partial charge in [0, 0.05) is 24.4 Å². The summed E-state index contributed by atoms with van der Waals surface area (Å²) in [6, 6.07) is 14.7. The summed E-state index contributed by atoms with van der Waals surface area (Å²) in [4.78, 5) is 31.1. The number of aromatic amines is 1. The Labute approximate surface area is 143 Å². The molecule has 24 heavy (non-hydrogen) atoms. The van der Waals surface area contributed by atoms with Crippen molar-refractivity contribution < 1.29 is 4.79 Å². The number of carbonyl (C=O) groups excluding carboxylic acids is 1. The molecule has 2 aromatic carbocycles. The molecular weight excluding hydrogens is 326 g/mol. The zero-order valence-electron chi connectivity index (χ0n) is 12.9. The first-order chi connectivity index (χ1) is 11.6. The molecule has 0 spiro atoms. The quantitative estimate of drug-likeness (QED) is 0.749. The highest BCUT2D eigenvalue weighted by atomic mass is 35.5. The number of aryl methyl sites for hydroxylation is 1. The van der Waals surface area contributed by atoms with E-state index in [1.807, 2.05) is 36.4 Å². The van der Waals surface area contributed by atoms with E-state index in [2.05, 4.69) is 15.3 Å². The van der Waals surface area contributed by atoms with Gasteiger partial charge in [0.15, 0.2) is 0 Å². The fourth-order valence-corrected chi connectivity index (χ4v) is 2.60. The van der Waals surface area contributed by atoms with Crippen LogP contribution in [0.1, 0.15) is 17.7 Å². The van der Waals surface area contributed by atoms with Crippen molar-refractivity contribution in [1.29, 1.82) is 0 Å². The van der Waals surface area contributed by atoms with Crippen molar-refractivity contribution in [2.75, 3.05) is 0 Å². The number of benzene rings is 2. The molecule has 122 valence electrons. The van der Waals surface area contributed by atoms with Crippen molar-refractivity contribution in [3.05, 3.63) is 75.2 Å². The first-order valence-electron chi connectivity index (χ1n) is 7.61. The smallest absolute Gasteiger partial charge is 0.270 e. The van der Waals surface area contributed by atoms with Gasteiger partial charge in [0.25, 0.3) is 5.56 Å². The lowest BCUT2D eigenvalue weighted by Gasteiger charge is -2.07. The van der Waals surface area contributed by atoms with E-state index in [9.17, 15) is 9.59 Å². The van der Waals surface area contributed by atoms with Crippen molar-refractivity contribution in [1.82, 2.24) is 15.3 Å². The van der Waals surface area contributed by atoms with Gasteiger partial charge in [-0.05, 0) is 23.8 Å². The van der Waals surface area contributed by atoms with Crippen molar-refractivity contribution in [2.45, 2.75) is 19.4 Å². The van der Waals surface area contributed by atoms with Gasteiger partial charge >= 0.3 is 0 Å². The number of para-hydroxylation sites is 2. The number of halogens is 1. The molecule has 0 radical (unpaired) electrons. The summed E-state index contributed by atoms with van der Waals surface area (Å²) < 4.78 is 0. The van der Waals surface area contributed by atoms with Crippen LogP contribution >= 0.6 is 11.6 Å². The topological polar surface area (TPSA) is 74.8 Å². The third-order valence-electron chi connectivity index (χ3n) is 3.69. The number of aromatic nitrogens is 2. The molecule has 1 heterocycles. The lowest BCUT2D eigenvalue weighted by molar-refractivity contribution is -0.121. The molecule has 5 nitrogen and oxygen atoms in total. The molecule has 1 aromatic heterocycles. The number of H-pyrrole nitrogens is 1. The molecule has 0 saturated heterocycles. The Morgan fingerprint density at radius 1 is 1.12 bits per heavy atom. The molecule has 0 fully saturated rings. The van der Waals surface area contributed by atoms with Crippen molar-refractivity contribution in [2.24, 2.45) is 0 Å². The molecule has 1 amide bonds. The van der Waals surface area contributed by atoms with Crippen LogP contribution in [0.15, 0.2) is 53.3 Å². The number of hydrogen-bond donors (Lipinski definition) is 2. The van der Waals surface area contributed by atoms with Gasteiger partial charge in [-0.2, -0.15) is 0 Å². The molecule has 0 aliphatic carbocycles. The van der Waals surface area contributed by atoms with Gasteiger partial charge in [0.05, 0.1) is 11.0 Å². The second-order valence-corrected chi connectivity index (χ2v) is 5.81. The van der Waals surface area contributed by atoms with Crippen LogP contribution in [0.2, 0.25) is 5.02 Å². The van der Waals surface area contributed by atoms with Gasteiger partial charge in [0.2, 0.25) is 5.91 Å². The van der Waals surface area contributed by atoms with Crippen molar-refractivity contribution in [3.63, 3.8) is 0 Å². The first kappa shape index (κ1) is 16.2. The predicted octanol–water partition coefficient (Wildman–Crippen LogP) is 2.83. The zero-order valence-corrected chi connectivity index (χ0v) is 13.6. The molecule has 3 rings (SSSR count). The van der Waals surface area contributed by atoms with Crippen LogP contribution in [0.25, 0.3) is 11.0 Å². The van der Waals surface area contributed by atoms with Crippen LogP contribution in [0.5, 0.6) is 0 Å². The maximum atomic E-state index is 12.0. The number of carbonyl (C=O) groups is 1. The second-order valence-electron chi connectivity index (χ2n) is 5.40. The Kier molecular flexibility index (Phi) is 4.91. The molecular formula is C18H16ClN3O2. The Morgan fingerprint density at radius 2 is 1.88 bits per heavy atom. The van der Waals surface area contributed by atoms with E-state index in [1.165, 1.54) is 0 Å². The molecule has 0 aliphatic rings. The lowest BCUT2D eigenvalue weighted by Crippen LogP contribution is -2.25. The number of fused-ring (bicyclic) bond motifs is 1. The highest BCUT2D eigenvalue weighted by molar-refractivity contribution is 6.31. The molecule has 0 bridgehead atoms. The van der Waals surface area contributed by atoms with Crippen LogP contribution in [-0.4, -0.2) is 15.9 Å². The highest BCUT2D eigenvalue weighted by Crippen LogP contribution is 2.14. The number of rotatable bonds is 5. The fourth-order valence-electron chi connectivity index (χ4n) is 2.39. The van der Waals surface area contributed by atoms with E-state index in [4.69, 9.17) is 11.6 Å². The summed E-state index contributed by atoms with van der Waals surface area (Å²) in [5.41, 5.74) is 2.36. The van der Waals surface area contributed by atoms with Crippen LogP contribution in [-0.2, 0) is 17.8 Å². The Balaban J connectivity index is 1.61. The van der Waals surface area contributed by atoms with Crippen LogP contribution in [0.4, 0.5) is 0 Å². The minimum atomic E-state index is -0.257. The van der Waals surface area contributed by atoms with Crippen LogP contribution < -0.4 is 10.9 Å². The minimum Gasteiger partial charge on any atom is -0.352 e. The van der Waals surface area contributed by atoms with Gasteiger partial charge in [0.1, 0.15) is 5.69 Å². The summed E-state index contributed by atoms with van der Waals surface area (Å²) in [5, 5.41) is 3.42. The van der Waals surface area contributed by atoms with Gasteiger partial charge < -0.3 is 10.3 Å². The normalized spacial score (nSPS) is 10.7. The van der Waals surface area contributed by atoms with Crippen LogP contribution in [0, 0.1) is 0 Å². The summed E-state index contributed by atoms with van der Waals surface area (Å²) in [6.07, 6.45) is 0.480.